The van der Waals surface area contributed by atoms with E-state index in [9.17, 15) is 9.59 Å². The molecule has 0 radical (unpaired) electrons. The Kier molecular flexibility index (Phi) is 3.47. The average molecular weight is 291 g/mol. The molecule has 0 aromatic carbocycles. The van der Waals surface area contributed by atoms with Crippen LogP contribution in [0, 0.1) is 13.8 Å². The quantitative estimate of drug-likeness (QED) is 0.895. The Hall–Kier alpha value is -1.85. The molecule has 0 atom stereocenters. The van der Waals surface area contributed by atoms with Crippen molar-refractivity contribution >= 4 is 11.8 Å². The molecule has 1 aromatic heterocycles. The molecule has 0 bridgehead atoms. The first-order chi connectivity index (χ1) is 10.00. The molecule has 1 aliphatic carbocycles. The Balaban J connectivity index is 1.80. The lowest BCUT2D eigenvalue weighted by atomic mass is 9.79. The van der Waals surface area contributed by atoms with E-state index >= 15 is 0 Å². The van der Waals surface area contributed by atoms with E-state index in [1.807, 2.05) is 13.8 Å². The van der Waals surface area contributed by atoms with Gasteiger partial charge >= 0.3 is 0 Å². The number of carbonyl (C=O) groups is 2. The monoisotopic (exact) mass is 291 g/mol. The van der Waals surface area contributed by atoms with Gasteiger partial charge in [0.05, 0.1) is 12.2 Å². The van der Waals surface area contributed by atoms with Gasteiger partial charge in [-0.25, -0.2) is 4.98 Å². The maximum absolute atomic E-state index is 12.8. The minimum atomic E-state index is -0.690. The zero-order valence-electron chi connectivity index (χ0n) is 12.6. The zero-order valence-corrected chi connectivity index (χ0v) is 12.6. The first kappa shape index (κ1) is 14.1. The van der Waals surface area contributed by atoms with E-state index in [-0.39, 0.29) is 24.9 Å². The van der Waals surface area contributed by atoms with E-state index in [0.717, 1.165) is 43.6 Å². The second-order valence-corrected chi connectivity index (χ2v) is 6.10. The van der Waals surface area contributed by atoms with Gasteiger partial charge in [0.15, 0.2) is 0 Å². The van der Waals surface area contributed by atoms with Gasteiger partial charge in [-0.05, 0) is 26.7 Å². The van der Waals surface area contributed by atoms with Crippen LogP contribution in [0.25, 0.3) is 0 Å². The number of nitrogens with zero attached hydrogens (tertiary/aromatic N) is 2. The van der Waals surface area contributed by atoms with Crippen LogP contribution in [0.5, 0.6) is 0 Å². The van der Waals surface area contributed by atoms with Crippen molar-refractivity contribution in [3.8, 4) is 0 Å². The minimum Gasteiger partial charge on any atom is -0.444 e. The summed E-state index contributed by atoms with van der Waals surface area (Å²) in [5, 5.41) is 2.93. The van der Waals surface area contributed by atoms with E-state index in [0.29, 0.717) is 5.89 Å². The van der Waals surface area contributed by atoms with Gasteiger partial charge in [-0.1, -0.05) is 19.3 Å². The van der Waals surface area contributed by atoms with Gasteiger partial charge in [-0.3, -0.25) is 9.59 Å². The van der Waals surface area contributed by atoms with Crippen LogP contribution in [-0.2, 0) is 16.1 Å². The normalized spacial score (nSPS) is 21.7. The van der Waals surface area contributed by atoms with Crippen LogP contribution >= 0.6 is 0 Å². The van der Waals surface area contributed by atoms with Crippen LogP contribution in [-0.4, -0.2) is 33.8 Å². The van der Waals surface area contributed by atoms with Crippen LogP contribution in [0.2, 0.25) is 0 Å². The molecule has 1 N–H and O–H groups in total. The maximum Gasteiger partial charge on any atom is 0.249 e. The molecule has 6 nitrogen and oxygen atoms in total. The second kappa shape index (κ2) is 5.16. The van der Waals surface area contributed by atoms with Gasteiger partial charge in [-0.15, -0.1) is 0 Å². The predicted octanol–water partition coefficient (Wildman–Crippen LogP) is 1.45. The van der Waals surface area contributed by atoms with Gasteiger partial charge in [0, 0.05) is 0 Å². The first-order valence-corrected chi connectivity index (χ1v) is 7.53. The van der Waals surface area contributed by atoms with Crippen molar-refractivity contribution in [2.45, 2.75) is 58.0 Å². The standard InChI is InChI=1S/C15H21N3O3/c1-10-11(2)21-13(16-10)9-18-8-12(19)17-15(14(18)20)6-4-3-5-7-15/h3-9H2,1-2H3,(H,17,19). The fourth-order valence-corrected chi connectivity index (χ4v) is 3.30. The molecular weight excluding hydrogens is 270 g/mol. The van der Waals surface area contributed by atoms with Gasteiger partial charge in [0.25, 0.3) is 0 Å². The van der Waals surface area contributed by atoms with E-state index in [1.54, 1.807) is 4.90 Å². The second-order valence-electron chi connectivity index (χ2n) is 6.10. The van der Waals surface area contributed by atoms with Gasteiger partial charge in [0.1, 0.15) is 17.8 Å². The lowest BCUT2D eigenvalue weighted by molar-refractivity contribution is -0.152. The summed E-state index contributed by atoms with van der Waals surface area (Å²) >= 11 is 0. The van der Waals surface area contributed by atoms with E-state index in [1.165, 1.54) is 0 Å². The van der Waals surface area contributed by atoms with Gasteiger partial charge < -0.3 is 14.6 Å². The number of piperazine rings is 1. The van der Waals surface area contributed by atoms with Crippen LogP contribution in [0.3, 0.4) is 0 Å². The number of hydrogen-bond donors (Lipinski definition) is 1. The Bertz CT molecular complexity index is 553. The molecule has 1 aliphatic heterocycles. The highest BCUT2D eigenvalue weighted by Gasteiger charge is 2.47. The van der Waals surface area contributed by atoms with Crippen molar-refractivity contribution in [3.63, 3.8) is 0 Å². The largest absolute Gasteiger partial charge is 0.444 e. The summed E-state index contributed by atoms with van der Waals surface area (Å²) in [4.78, 5) is 30.7. The molecule has 2 aliphatic rings. The summed E-state index contributed by atoms with van der Waals surface area (Å²) in [6, 6.07) is 0. The molecule has 2 fully saturated rings. The Morgan fingerprint density at radius 1 is 1.24 bits per heavy atom. The summed E-state index contributed by atoms with van der Waals surface area (Å²) in [6.45, 7) is 4.07. The molecule has 0 unspecified atom stereocenters. The third kappa shape index (κ3) is 2.54. The highest BCUT2D eigenvalue weighted by molar-refractivity contribution is 5.98. The molecule has 3 rings (SSSR count). The number of nitrogens with one attached hydrogen (secondary N) is 1. The summed E-state index contributed by atoms with van der Waals surface area (Å²) in [7, 11) is 0. The Morgan fingerprint density at radius 2 is 1.95 bits per heavy atom. The molecule has 2 amide bonds. The SMILES string of the molecule is Cc1nc(CN2CC(=O)NC3(CCCCC3)C2=O)oc1C. The van der Waals surface area contributed by atoms with E-state index < -0.39 is 5.54 Å². The first-order valence-electron chi connectivity index (χ1n) is 7.53. The molecule has 2 heterocycles. The number of aryl methyl sites for hydroxylation is 2. The average Bonchev–Trinajstić information content (AvgIpc) is 2.75. The smallest absolute Gasteiger partial charge is 0.249 e. The van der Waals surface area contributed by atoms with Crippen LogP contribution in [0.1, 0.15) is 49.4 Å². The number of rotatable bonds is 2. The molecule has 6 heteroatoms. The lowest BCUT2D eigenvalue weighted by Crippen LogP contribution is -2.66. The topological polar surface area (TPSA) is 75.4 Å². The highest BCUT2D eigenvalue weighted by Crippen LogP contribution is 2.32. The van der Waals surface area contributed by atoms with Crippen LogP contribution in [0.15, 0.2) is 4.42 Å². The van der Waals surface area contributed by atoms with E-state index in [2.05, 4.69) is 10.3 Å². The minimum absolute atomic E-state index is 0.00954. The summed E-state index contributed by atoms with van der Waals surface area (Å²) < 4.78 is 5.54. The zero-order chi connectivity index (χ0) is 15.0. The van der Waals surface area contributed by atoms with Crippen molar-refractivity contribution in [1.29, 1.82) is 0 Å². The molecule has 1 spiro atoms. The molecule has 114 valence electrons. The lowest BCUT2D eigenvalue weighted by Gasteiger charge is -2.43. The molecular formula is C15H21N3O3. The Labute approximate surface area is 123 Å². The van der Waals surface area contributed by atoms with Gasteiger partial charge in [-0.2, -0.15) is 0 Å². The maximum atomic E-state index is 12.8. The van der Waals surface area contributed by atoms with Gasteiger partial charge in [0.2, 0.25) is 17.7 Å². The predicted molar refractivity (Wildman–Crippen MR) is 75.4 cm³/mol. The number of amides is 2. The van der Waals surface area contributed by atoms with E-state index in [4.69, 9.17) is 4.42 Å². The molecule has 21 heavy (non-hydrogen) atoms. The van der Waals surface area contributed by atoms with Crippen molar-refractivity contribution < 1.29 is 14.0 Å². The molecule has 1 saturated heterocycles. The third-order valence-electron chi connectivity index (χ3n) is 4.52. The highest BCUT2D eigenvalue weighted by atomic mass is 16.4. The Morgan fingerprint density at radius 3 is 2.57 bits per heavy atom. The fraction of sp³-hybridized carbons (Fsp3) is 0.667. The number of carbonyl (C=O) groups excluding carboxylic acids is 2. The molecule has 1 saturated carbocycles. The molecule has 1 aromatic rings. The van der Waals surface area contributed by atoms with Crippen molar-refractivity contribution in [2.24, 2.45) is 0 Å². The fourth-order valence-electron chi connectivity index (χ4n) is 3.30. The van der Waals surface area contributed by atoms with Crippen LogP contribution < -0.4 is 5.32 Å². The summed E-state index contributed by atoms with van der Waals surface area (Å²) in [6.07, 6.45) is 4.56. The summed E-state index contributed by atoms with van der Waals surface area (Å²) in [5.41, 5.74) is 0.135. The number of hydrogen-bond acceptors (Lipinski definition) is 4. The van der Waals surface area contributed by atoms with Crippen molar-refractivity contribution in [1.82, 2.24) is 15.2 Å². The summed E-state index contributed by atoms with van der Waals surface area (Å²) in [5.74, 6) is 1.18. The van der Waals surface area contributed by atoms with Crippen molar-refractivity contribution in [2.75, 3.05) is 6.54 Å². The number of oxazole rings is 1. The van der Waals surface area contributed by atoms with Crippen LogP contribution in [0.4, 0.5) is 0 Å². The number of aromatic nitrogens is 1. The van der Waals surface area contributed by atoms with Crippen molar-refractivity contribution in [3.05, 3.63) is 17.3 Å². The third-order valence-corrected chi connectivity index (χ3v) is 4.52.